The van der Waals surface area contributed by atoms with Crippen molar-refractivity contribution < 1.29 is 287 Å². The highest BCUT2D eigenvalue weighted by atomic mass is 16.8. The fraction of sp³-hybridized carbons (Fsp3) is 0.924. The molecule has 63 nitrogen and oxygen atoms in total. The van der Waals surface area contributed by atoms with Gasteiger partial charge in [-0.25, -0.2) is 4.79 Å². The molecular formula is C79H131N5O58. The lowest BCUT2D eigenvalue weighted by Crippen LogP contribution is -2.71. The molecule has 0 spiro atoms. The Bertz CT molecular complexity index is 4010. The molecule has 0 aromatic carbocycles. The predicted octanol–water partition coefficient (Wildman–Crippen LogP) is -24.0. The van der Waals surface area contributed by atoms with Crippen molar-refractivity contribution >= 4 is 35.5 Å². The van der Waals surface area contributed by atoms with Gasteiger partial charge in [-0.05, 0) is 6.92 Å². The number of aliphatic hydroxyl groups is 30. The fourth-order valence-corrected chi connectivity index (χ4v) is 18.4. The first kappa shape index (κ1) is 117. The molecular weight excluding hydrogens is 1950 g/mol. The van der Waals surface area contributed by atoms with Gasteiger partial charge in [0.2, 0.25) is 29.5 Å². The van der Waals surface area contributed by atoms with Gasteiger partial charge < -0.3 is 284 Å². The van der Waals surface area contributed by atoms with Crippen LogP contribution in [0.1, 0.15) is 48.0 Å². The summed E-state index contributed by atoms with van der Waals surface area (Å²) < 4.78 is 125. The zero-order valence-electron chi connectivity index (χ0n) is 76.4. The van der Waals surface area contributed by atoms with Crippen molar-refractivity contribution in [1.29, 1.82) is 0 Å². The lowest BCUT2D eigenvalue weighted by atomic mass is 9.88. The number of ether oxygens (including phenoxy) is 21. The van der Waals surface area contributed by atoms with E-state index in [1.807, 2.05) is 0 Å². The summed E-state index contributed by atoms with van der Waals surface area (Å²) in [6, 6.07) is -9.81. The van der Waals surface area contributed by atoms with E-state index in [-0.39, 0.29) is 0 Å². The Labute approximate surface area is 803 Å². The van der Waals surface area contributed by atoms with Crippen molar-refractivity contribution in [3.8, 4) is 0 Å². The second kappa shape index (κ2) is 50.6. The van der Waals surface area contributed by atoms with E-state index in [0.717, 1.165) is 34.6 Å². The highest BCUT2D eigenvalue weighted by Gasteiger charge is 2.65. The number of carbonyl (C=O) groups is 6. The predicted molar refractivity (Wildman–Crippen MR) is 436 cm³/mol. The summed E-state index contributed by atoms with van der Waals surface area (Å²) in [7, 11) is 0. The van der Waals surface area contributed by atoms with E-state index >= 15 is 0 Å². The number of carboxylic acid groups (broad SMARTS) is 1. The molecule has 56 atom stereocenters. The van der Waals surface area contributed by atoms with Crippen LogP contribution in [0.2, 0.25) is 0 Å². The summed E-state index contributed by atoms with van der Waals surface area (Å²) in [5.41, 5.74) is 0. The minimum absolute atomic E-state index is 0.857. The lowest BCUT2D eigenvalue weighted by Gasteiger charge is -2.51. The van der Waals surface area contributed by atoms with Gasteiger partial charge in [-0.3, -0.25) is 24.0 Å². The van der Waals surface area contributed by atoms with Gasteiger partial charge in [0.25, 0.3) is 5.79 Å². The minimum Gasteiger partial charge on any atom is -0.477 e. The van der Waals surface area contributed by atoms with E-state index in [2.05, 4.69) is 26.6 Å². The van der Waals surface area contributed by atoms with Gasteiger partial charge in [0, 0.05) is 41.0 Å². The Morgan fingerprint density at radius 1 is 0.303 bits per heavy atom. The lowest BCUT2D eigenvalue weighted by molar-refractivity contribution is -0.399. The van der Waals surface area contributed by atoms with Gasteiger partial charge in [-0.1, -0.05) is 0 Å². The van der Waals surface area contributed by atoms with Gasteiger partial charge >= 0.3 is 5.97 Å². The SMILES string of the molecule is CC(=O)N[C@@H]1[C@@H](O)[C@H](O[C@@H]2O[C@H](CO)[C@@H](O[C@@H]3O[C@H](CO[C@H]4O[C@H](CO)[C@@H](O)[C@H](O)[C@@H]4O[C@@H]4O[C@H](CO)[C@@H](O[C@@H]5O[C@H](CO)[C@H](O)[C@H](O[C@]6(C(=O)O)C[C@H](O)[C@@H](NC(C)=O)[C@H]([C@H](O)[C@H](O)CO)O6)[C@H]5O)[C@H](O)[C@H]4NC(C)=O)[C@@H](O)[C@H](O[C@H]4O[C@H](CO)[C@@H](O)[C@H](O)[C@@H]4O[C@@H]4O[C@H](CO)[C@@H](O[C@@H]5O[C@H](CO)[C@H](O)[C@H](O)[C@H]5O)[C@H](O)[C@H]4NC(C)=O)[C@@H]3O)[C@H](O)[C@H]2NC(C)=O)[C@@H](CO[C@H]2O[C@H](C)[C@H](O)[C@H](O)[C@H]2O)O[C@H]1O. The van der Waals surface area contributed by atoms with Crippen LogP contribution in [0, 0.1) is 0 Å². The largest absolute Gasteiger partial charge is 0.477 e. The maximum atomic E-state index is 13.4. The van der Waals surface area contributed by atoms with Crippen LogP contribution in [0.4, 0.5) is 0 Å². The van der Waals surface area contributed by atoms with Gasteiger partial charge in [-0.2, -0.15) is 0 Å². The summed E-state index contributed by atoms with van der Waals surface area (Å²) in [5.74, 6) is -10.4. The smallest absolute Gasteiger partial charge is 0.364 e. The maximum absolute atomic E-state index is 13.4. The number of hydrogen-bond donors (Lipinski definition) is 36. The van der Waals surface area contributed by atoms with E-state index in [9.17, 15) is 187 Å². The molecule has 0 aromatic heterocycles. The number of carbonyl (C=O) groups excluding carboxylic acids is 5. The zero-order chi connectivity index (χ0) is 105. The average Bonchev–Trinajstić information content (AvgIpc) is 0.750. The van der Waals surface area contributed by atoms with Crippen LogP contribution in [-0.2, 0) is 128 Å². The van der Waals surface area contributed by atoms with E-state index < -0.39 is 451 Å². The Morgan fingerprint density at radius 3 is 1.06 bits per heavy atom. The number of nitrogens with one attached hydrogen (secondary N) is 5. The molecule has 0 saturated carbocycles. The van der Waals surface area contributed by atoms with Crippen molar-refractivity contribution in [3.05, 3.63) is 0 Å². The van der Waals surface area contributed by atoms with Crippen LogP contribution >= 0.6 is 0 Å². The maximum Gasteiger partial charge on any atom is 0.364 e. The number of aliphatic hydroxyl groups excluding tert-OH is 30. The molecule has 11 aliphatic heterocycles. The fourth-order valence-electron chi connectivity index (χ4n) is 18.4. The molecule has 0 aromatic rings. The van der Waals surface area contributed by atoms with Crippen LogP contribution in [0.25, 0.3) is 0 Å². The molecule has 0 radical (unpaired) electrons. The molecule has 0 aliphatic carbocycles. The standard InChI is InChI=1S/C79H131N5O58/c1-18-40(100)51(111)55(115)72(124-18)122-17-34-62(47(107)36(68(119)125-34)81-20(3)94)134-69-37(82-21(4)95)48(108)60(31(14-91)130-69)136-74-57(117)64(138-77-67(54(114)44(104)28(11-88)129-77)140-71-39(84-23(6)97)49(109)59(30(13-90)132-71)135-73-56(116)52(112)42(102)26(9-86)126-73)46(106)33(133-74)16-123-76-66(53(113)43(103)27(10-87)128-76)139-70-38(83-22(5)96)50(110)61(32(15-92)131-70)137-75-58(118)65(45(105)29(12-89)127-75)142-79(78(120)121)7-24(98)35(80-19(2)93)63(141-79)41(101)25(99)8-85/h18,24-77,85-92,98-119H,7-17H2,1-6H3,(H,80,93)(H,81,94)(H,82,95)(H,83,96)(H,84,97)(H,120,121)/t18-,24+,25-,26-,27-,28-,29-,30-,31-,32-,33-,34-,35-,36-,37-,38-,39-,40+,41-,42+,43-,44-,45+,46-,47-,48-,49-,50-,51+,52+,53+,54+,55-,56-,57+,58-,59-,60-,61-,62-,63-,64+,65+,66+,67+,68-,69+,70+,71+,72+,73+,74+,75+,76+,77-,79+/m1/s1. The molecule has 11 rings (SSSR count). The number of rotatable bonds is 38. The molecule has 0 unspecified atom stereocenters. The Kier molecular flexibility index (Phi) is 41.7. The molecule has 5 amide bonds. The van der Waals surface area contributed by atoms with Gasteiger partial charge in [-0.15, -0.1) is 0 Å². The second-order valence-corrected chi connectivity index (χ2v) is 36.0. The summed E-state index contributed by atoms with van der Waals surface area (Å²) >= 11 is 0. The number of carboxylic acids is 1. The van der Waals surface area contributed by atoms with Crippen LogP contribution < -0.4 is 26.6 Å². The molecule has 820 valence electrons. The first-order valence-electron chi connectivity index (χ1n) is 45.1. The molecule has 11 fully saturated rings. The van der Waals surface area contributed by atoms with E-state index in [4.69, 9.17) is 99.5 Å². The van der Waals surface area contributed by atoms with Gasteiger partial charge in [0.05, 0.1) is 84.3 Å². The van der Waals surface area contributed by atoms with Crippen molar-refractivity contribution in [2.45, 2.75) is 391 Å². The quantitative estimate of drug-likeness (QED) is 0.0273. The van der Waals surface area contributed by atoms with E-state index in [1.165, 1.54) is 6.92 Å². The summed E-state index contributed by atoms with van der Waals surface area (Å²) in [6.45, 7) is -6.14. The van der Waals surface area contributed by atoms with Crippen molar-refractivity contribution in [2.75, 3.05) is 66.1 Å². The Morgan fingerprint density at radius 2 is 0.620 bits per heavy atom. The summed E-state index contributed by atoms with van der Waals surface area (Å²) in [5, 5.41) is 361. The third-order valence-corrected chi connectivity index (χ3v) is 25.9. The Hall–Kier alpha value is -5.22. The highest BCUT2D eigenvalue weighted by molar-refractivity contribution is 5.77. The first-order chi connectivity index (χ1) is 67.0. The van der Waals surface area contributed by atoms with Gasteiger partial charge in [0.15, 0.2) is 62.9 Å². The van der Waals surface area contributed by atoms with Crippen molar-refractivity contribution in [3.63, 3.8) is 0 Å². The number of amides is 5. The normalized spacial score (nSPS) is 48.0. The molecule has 0 bridgehead atoms. The molecule has 11 saturated heterocycles. The topological polar surface area (TPSA) is 984 Å². The minimum atomic E-state index is -3.33. The molecule has 63 heteroatoms. The van der Waals surface area contributed by atoms with Crippen molar-refractivity contribution in [2.24, 2.45) is 0 Å². The van der Waals surface area contributed by atoms with E-state index in [1.54, 1.807) is 0 Å². The number of aliphatic carboxylic acids is 1. The average molecular weight is 2080 g/mol. The van der Waals surface area contributed by atoms with Crippen LogP contribution in [0.15, 0.2) is 0 Å². The monoisotopic (exact) mass is 2080 g/mol. The molecule has 11 aliphatic rings. The van der Waals surface area contributed by atoms with Crippen LogP contribution in [0.3, 0.4) is 0 Å². The third-order valence-electron chi connectivity index (χ3n) is 25.9. The Balaban J connectivity index is 0.914. The second-order valence-electron chi connectivity index (χ2n) is 36.0. The van der Waals surface area contributed by atoms with Crippen LogP contribution in [-0.4, -0.2) is 603 Å². The molecule has 11 heterocycles. The third kappa shape index (κ3) is 25.8. The summed E-state index contributed by atoms with van der Waals surface area (Å²) in [6.07, 6.45) is -111. The number of hydrogen-bond acceptors (Lipinski definition) is 57. The molecule has 142 heavy (non-hydrogen) atoms. The highest BCUT2D eigenvalue weighted by Crippen LogP contribution is 2.44. The summed E-state index contributed by atoms with van der Waals surface area (Å²) in [4.78, 5) is 77.9. The first-order valence-corrected chi connectivity index (χ1v) is 45.1. The zero-order valence-corrected chi connectivity index (χ0v) is 76.4. The van der Waals surface area contributed by atoms with E-state index in [0.29, 0.717) is 0 Å². The van der Waals surface area contributed by atoms with Crippen molar-refractivity contribution in [1.82, 2.24) is 26.6 Å². The van der Waals surface area contributed by atoms with Crippen LogP contribution in [0.5, 0.6) is 0 Å². The van der Waals surface area contributed by atoms with Gasteiger partial charge in [0.1, 0.15) is 256 Å². The molecule has 36 N–H and O–H groups in total.